The predicted molar refractivity (Wildman–Crippen MR) is 165 cm³/mol. The Morgan fingerprint density at radius 1 is 1.02 bits per heavy atom. The van der Waals surface area contributed by atoms with Crippen LogP contribution in [0.25, 0.3) is 5.69 Å². The number of anilines is 1. The molecule has 14 nitrogen and oxygen atoms in total. The first kappa shape index (κ1) is 36.2. The van der Waals surface area contributed by atoms with Crippen LogP contribution in [0.15, 0.2) is 35.3 Å². The van der Waals surface area contributed by atoms with Crippen LogP contribution in [0.2, 0.25) is 0 Å². The number of nitrogens with one attached hydrogen (secondary N) is 1. The van der Waals surface area contributed by atoms with E-state index < -0.39 is 52.7 Å². The molecule has 2 fully saturated rings. The molecule has 4 rings (SSSR count). The lowest BCUT2D eigenvalue weighted by atomic mass is 9.91. The summed E-state index contributed by atoms with van der Waals surface area (Å²) in [5.41, 5.74) is -3.92. The number of halogens is 3. The van der Waals surface area contributed by atoms with Gasteiger partial charge in [0.1, 0.15) is 35.2 Å². The maximum atomic E-state index is 13.9. The average molecular weight is 681 g/mol. The van der Waals surface area contributed by atoms with E-state index in [9.17, 15) is 37.1 Å². The van der Waals surface area contributed by atoms with Crippen LogP contribution in [0.4, 0.5) is 28.6 Å². The van der Waals surface area contributed by atoms with Gasteiger partial charge in [0.15, 0.2) is 0 Å². The van der Waals surface area contributed by atoms with Gasteiger partial charge in [0.05, 0.1) is 12.3 Å². The number of urea groups is 1. The maximum absolute atomic E-state index is 13.9. The van der Waals surface area contributed by atoms with Crippen LogP contribution >= 0.6 is 0 Å². The molecule has 1 aromatic heterocycles. The van der Waals surface area contributed by atoms with Crippen LogP contribution in [-0.4, -0.2) is 105 Å². The molecular weight excluding hydrogens is 641 g/mol. The lowest BCUT2D eigenvalue weighted by Gasteiger charge is -2.43. The SMILES string of the molecule is CC(C)(C)OC(=O)N1[C@@H](C(C)(C)C)OC[C@@]1(C)C(=O)N1CCN(C(=O)Nc2ccn(-c3cc(C=O)cc(OC(F)(F)F)c3)c(=O)n2)CC1. The Labute approximate surface area is 274 Å². The van der Waals surface area contributed by atoms with E-state index in [1.807, 2.05) is 20.8 Å². The van der Waals surface area contributed by atoms with Gasteiger partial charge in [0.25, 0.3) is 5.91 Å². The zero-order valence-corrected chi connectivity index (χ0v) is 27.7. The summed E-state index contributed by atoms with van der Waals surface area (Å²) in [5.74, 6) is -1.19. The van der Waals surface area contributed by atoms with Crippen LogP contribution < -0.4 is 15.7 Å². The number of carbonyl (C=O) groups is 4. The molecule has 17 heteroatoms. The second-order valence-electron chi connectivity index (χ2n) is 13.8. The van der Waals surface area contributed by atoms with Gasteiger partial charge < -0.3 is 24.0 Å². The molecule has 0 saturated carbocycles. The minimum Gasteiger partial charge on any atom is -0.444 e. The number of ether oxygens (including phenoxy) is 3. The molecule has 2 aliphatic rings. The van der Waals surface area contributed by atoms with Crippen molar-refractivity contribution in [3.63, 3.8) is 0 Å². The smallest absolute Gasteiger partial charge is 0.444 e. The van der Waals surface area contributed by atoms with Crippen LogP contribution in [0.1, 0.15) is 58.8 Å². The minimum atomic E-state index is -5.02. The Balaban J connectivity index is 1.43. The highest BCUT2D eigenvalue weighted by molar-refractivity contribution is 5.91. The van der Waals surface area contributed by atoms with Crippen molar-refractivity contribution in [2.75, 3.05) is 38.1 Å². The van der Waals surface area contributed by atoms with Gasteiger partial charge in [-0.15, -0.1) is 13.2 Å². The van der Waals surface area contributed by atoms with E-state index in [0.717, 1.165) is 16.7 Å². The van der Waals surface area contributed by atoms with Gasteiger partial charge in [-0.3, -0.25) is 24.4 Å². The fourth-order valence-electron chi connectivity index (χ4n) is 5.37. The molecule has 0 radical (unpaired) electrons. The van der Waals surface area contributed by atoms with Gasteiger partial charge in [0.2, 0.25) is 0 Å². The van der Waals surface area contributed by atoms with E-state index in [1.54, 1.807) is 32.6 Å². The monoisotopic (exact) mass is 680 g/mol. The Morgan fingerprint density at radius 3 is 2.19 bits per heavy atom. The molecule has 2 aromatic rings. The molecule has 2 saturated heterocycles. The number of hydrogen-bond donors (Lipinski definition) is 1. The van der Waals surface area contributed by atoms with Crippen molar-refractivity contribution < 1.29 is 46.6 Å². The standard InChI is InChI=1S/C31H39F3N6O8/c1-28(2,3)24-40(27(45)48-29(4,5)6)30(7,18-46-24)23(42)37-10-12-38(13-11-37)25(43)35-22-8-9-39(26(44)36-22)20-14-19(17-41)15-21(16-20)47-31(32,33)34/h8-9,14-17,24H,10-13,18H2,1-7H3,(H,35,36,43,44)/t24-,30+/m1/s1. The molecule has 0 bridgehead atoms. The van der Waals surface area contributed by atoms with Crippen molar-refractivity contribution >= 4 is 30.1 Å². The number of benzene rings is 1. The number of hydrogen-bond acceptors (Lipinski definition) is 9. The fourth-order valence-corrected chi connectivity index (χ4v) is 5.37. The van der Waals surface area contributed by atoms with E-state index in [1.165, 1.54) is 28.1 Å². The van der Waals surface area contributed by atoms with Gasteiger partial charge in [0, 0.05) is 49.4 Å². The minimum absolute atomic E-state index is 0.0407. The van der Waals surface area contributed by atoms with Crippen molar-refractivity contribution in [3.05, 3.63) is 46.5 Å². The summed E-state index contributed by atoms with van der Waals surface area (Å²) in [6.45, 7) is 13.0. The normalized spacial score (nSPS) is 20.4. The molecule has 48 heavy (non-hydrogen) atoms. The van der Waals surface area contributed by atoms with E-state index in [2.05, 4.69) is 15.0 Å². The van der Waals surface area contributed by atoms with Gasteiger partial charge in [-0.1, -0.05) is 20.8 Å². The molecule has 2 aliphatic heterocycles. The van der Waals surface area contributed by atoms with Crippen LogP contribution in [0.3, 0.4) is 0 Å². The summed E-state index contributed by atoms with van der Waals surface area (Å²) in [6.07, 6.45) is -4.94. The average Bonchev–Trinajstić information content (AvgIpc) is 3.34. The summed E-state index contributed by atoms with van der Waals surface area (Å²) in [5, 5.41) is 2.51. The van der Waals surface area contributed by atoms with Crippen molar-refractivity contribution in [1.29, 1.82) is 0 Å². The summed E-state index contributed by atoms with van der Waals surface area (Å²) >= 11 is 0. The Kier molecular flexibility index (Phi) is 9.86. The zero-order chi connectivity index (χ0) is 35.8. The first-order valence-corrected chi connectivity index (χ1v) is 15.1. The number of nitrogens with zero attached hydrogens (tertiary/aromatic N) is 5. The predicted octanol–water partition coefficient (Wildman–Crippen LogP) is 4.02. The molecule has 4 amide bonds. The first-order valence-electron chi connectivity index (χ1n) is 15.1. The molecule has 0 unspecified atom stereocenters. The van der Waals surface area contributed by atoms with Gasteiger partial charge in [-0.2, -0.15) is 4.98 Å². The second-order valence-corrected chi connectivity index (χ2v) is 13.8. The number of piperazine rings is 1. The summed E-state index contributed by atoms with van der Waals surface area (Å²) in [4.78, 5) is 72.4. The highest BCUT2D eigenvalue weighted by Crippen LogP contribution is 2.39. The number of aldehydes is 1. The van der Waals surface area contributed by atoms with Crippen LogP contribution in [0, 0.1) is 5.41 Å². The fraction of sp³-hybridized carbons (Fsp3) is 0.548. The molecule has 1 aromatic carbocycles. The lowest BCUT2D eigenvalue weighted by molar-refractivity contribution is -0.274. The summed E-state index contributed by atoms with van der Waals surface area (Å²) < 4.78 is 54.6. The van der Waals surface area contributed by atoms with E-state index >= 15 is 0 Å². The first-order chi connectivity index (χ1) is 22.1. The maximum Gasteiger partial charge on any atom is 0.573 e. The van der Waals surface area contributed by atoms with Crippen molar-refractivity contribution in [2.45, 2.75) is 72.2 Å². The summed E-state index contributed by atoms with van der Waals surface area (Å²) in [6, 6.07) is 3.61. The third kappa shape index (κ3) is 8.24. The number of rotatable bonds is 5. The number of amides is 4. The Hall–Kier alpha value is -4.67. The number of alkyl halides is 3. The number of aromatic nitrogens is 2. The Morgan fingerprint density at radius 2 is 1.65 bits per heavy atom. The second kappa shape index (κ2) is 13.1. The quantitative estimate of drug-likeness (QED) is 0.462. The number of carbonyl (C=O) groups excluding carboxylic acids is 4. The Bertz CT molecular complexity index is 1630. The molecule has 0 spiro atoms. The van der Waals surface area contributed by atoms with E-state index in [4.69, 9.17) is 9.47 Å². The zero-order valence-electron chi connectivity index (χ0n) is 27.7. The van der Waals surface area contributed by atoms with Crippen LogP contribution in [-0.2, 0) is 14.3 Å². The molecule has 1 N–H and O–H groups in total. The highest BCUT2D eigenvalue weighted by atomic mass is 19.4. The third-order valence-corrected chi connectivity index (χ3v) is 7.53. The molecule has 262 valence electrons. The van der Waals surface area contributed by atoms with E-state index in [-0.39, 0.29) is 55.8 Å². The van der Waals surface area contributed by atoms with Gasteiger partial charge in [-0.25, -0.2) is 14.4 Å². The largest absolute Gasteiger partial charge is 0.573 e. The molecule has 2 atom stereocenters. The molecular formula is C31H39F3N6O8. The summed E-state index contributed by atoms with van der Waals surface area (Å²) in [7, 11) is 0. The third-order valence-electron chi connectivity index (χ3n) is 7.53. The molecule has 0 aliphatic carbocycles. The van der Waals surface area contributed by atoms with Crippen molar-refractivity contribution in [1.82, 2.24) is 24.3 Å². The lowest BCUT2D eigenvalue weighted by Crippen LogP contribution is -2.64. The van der Waals surface area contributed by atoms with Crippen molar-refractivity contribution in [3.8, 4) is 11.4 Å². The van der Waals surface area contributed by atoms with Gasteiger partial charge in [-0.05, 0) is 45.9 Å². The van der Waals surface area contributed by atoms with E-state index in [0.29, 0.717) is 6.29 Å². The van der Waals surface area contributed by atoms with Crippen molar-refractivity contribution in [2.24, 2.45) is 5.41 Å². The molecule has 3 heterocycles. The topological polar surface area (TPSA) is 153 Å². The van der Waals surface area contributed by atoms with Gasteiger partial charge >= 0.3 is 24.2 Å². The highest BCUT2D eigenvalue weighted by Gasteiger charge is 2.57. The van der Waals surface area contributed by atoms with Crippen LogP contribution in [0.5, 0.6) is 5.75 Å².